The van der Waals surface area contributed by atoms with Crippen molar-refractivity contribution in [2.24, 2.45) is 0 Å². The summed E-state index contributed by atoms with van der Waals surface area (Å²) >= 11 is 0. The normalized spacial score (nSPS) is 10.7. The van der Waals surface area contributed by atoms with Crippen LogP contribution in [0.3, 0.4) is 0 Å². The molecule has 0 spiro atoms. The van der Waals surface area contributed by atoms with Crippen molar-refractivity contribution in [2.45, 2.75) is 46.1 Å². The van der Waals surface area contributed by atoms with Gasteiger partial charge in [0.1, 0.15) is 0 Å². The number of rotatable bonds is 6. The first-order valence-corrected chi connectivity index (χ1v) is 6.15. The zero-order chi connectivity index (χ0) is 11.1. The Kier molecular flexibility index (Phi) is 5.23. The molecule has 0 unspecified atom stereocenters. The Morgan fingerprint density at radius 2 is 1.60 bits per heavy atom. The molecule has 0 radical (unpaired) electrons. The first-order valence-electron chi connectivity index (χ1n) is 6.15. The van der Waals surface area contributed by atoms with Gasteiger partial charge in [-0.15, -0.1) is 0 Å². The van der Waals surface area contributed by atoms with Crippen LogP contribution in [0, 0.1) is 0 Å². The third kappa shape index (κ3) is 3.26. The highest BCUT2D eigenvalue weighted by molar-refractivity contribution is 5.46. The Bertz CT molecular complexity index is 251. The van der Waals surface area contributed by atoms with E-state index in [0.717, 1.165) is 6.54 Å². The van der Waals surface area contributed by atoms with Crippen LogP contribution in [-0.2, 0) is 0 Å². The maximum atomic E-state index is 2.54. The summed E-state index contributed by atoms with van der Waals surface area (Å²) < 4.78 is 0. The largest absolute Gasteiger partial charge is 0.369 e. The van der Waals surface area contributed by atoms with Gasteiger partial charge in [0.25, 0.3) is 0 Å². The van der Waals surface area contributed by atoms with Crippen LogP contribution < -0.4 is 4.90 Å². The number of nitrogens with zero attached hydrogens (tertiary/aromatic N) is 1. The molecule has 0 aromatic heterocycles. The molecule has 0 saturated carbocycles. The fourth-order valence-electron chi connectivity index (χ4n) is 2.11. The maximum Gasteiger partial charge on any atom is 0.0368 e. The van der Waals surface area contributed by atoms with E-state index < -0.39 is 0 Å². The molecule has 0 aliphatic heterocycles. The van der Waals surface area contributed by atoms with Crippen molar-refractivity contribution in [3.05, 3.63) is 30.3 Å². The van der Waals surface area contributed by atoms with Gasteiger partial charge in [0.2, 0.25) is 0 Å². The van der Waals surface area contributed by atoms with Crippen molar-refractivity contribution in [2.75, 3.05) is 11.4 Å². The summed E-state index contributed by atoms with van der Waals surface area (Å²) in [6.45, 7) is 7.97. The SMILES string of the molecule is CCCN(c1ccccc1)C(CC)CC. The quantitative estimate of drug-likeness (QED) is 0.676. The van der Waals surface area contributed by atoms with E-state index in [1.54, 1.807) is 0 Å². The minimum atomic E-state index is 0.687. The van der Waals surface area contributed by atoms with Crippen molar-refractivity contribution in [1.82, 2.24) is 0 Å². The van der Waals surface area contributed by atoms with E-state index in [9.17, 15) is 0 Å². The van der Waals surface area contributed by atoms with Gasteiger partial charge < -0.3 is 4.90 Å². The lowest BCUT2D eigenvalue weighted by molar-refractivity contribution is 0.553. The minimum Gasteiger partial charge on any atom is -0.369 e. The molecular formula is C14H23N. The van der Waals surface area contributed by atoms with E-state index in [0.29, 0.717) is 6.04 Å². The first kappa shape index (κ1) is 12.1. The number of para-hydroxylation sites is 1. The van der Waals surface area contributed by atoms with Crippen molar-refractivity contribution in [1.29, 1.82) is 0 Å². The Morgan fingerprint density at radius 3 is 2.07 bits per heavy atom. The van der Waals surface area contributed by atoms with Crippen molar-refractivity contribution >= 4 is 5.69 Å². The fourth-order valence-corrected chi connectivity index (χ4v) is 2.11. The highest BCUT2D eigenvalue weighted by Crippen LogP contribution is 2.20. The molecule has 0 atom stereocenters. The molecular weight excluding hydrogens is 182 g/mol. The molecule has 0 bridgehead atoms. The van der Waals surface area contributed by atoms with Crippen molar-refractivity contribution in [3.8, 4) is 0 Å². The minimum absolute atomic E-state index is 0.687. The third-order valence-electron chi connectivity index (χ3n) is 2.94. The predicted octanol–water partition coefficient (Wildman–Crippen LogP) is 4.09. The van der Waals surface area contributed by atoms with Crippen LogP contribution in [0.5, 0.6) is 0 Å². The highest BCUT2D eigenvalue weighted by Gasteiger charge is 2.13. The van der Waals surface area contributed by atoms with E-state index in [2.05, 4.69) is 56.0 Å². The van der Waals surface area contributed by atoms with Gasteiger partial charge in [-0.25, -0.2) is 0 Å². The Morgan fingerprint density at radius 1 is 1.00 bits per heavy atom. The molecule has 1 heteroatoms. The van der Waals surface area contributed by atoms with Gasteiger partial charge in [-0.3, -0.25) is 0 Å². The van der Waals surface area contributed by atoms with Gasteiger partial charge in [-0.05, 0) is 31.4 Å². The summed E-state index contributed by atoms with van der Waals surface area (Å²) in [7, 11) is 0. The van der Waals surface area contributed by atoms with Crippen molar-refractivity contribution < 1.29 is 0 Å². The molecule has 0 aliphatic rings. The van der Waals surface area contributed by atoms with E-state index in [-0.39, 0.29) is 0 Å². The summed E-state index contributed by atoms with van der Waals surface area (Å²) in [6, 6.07) is 11.5. The summed E-state index contributed by atoms with van der Waals surface area (Å²) in [5.41, 5.74) is 1.37. The summed E-state index contributed by atoms with van der Waals surface area (Å²) in [4.78, 5) is 2.54. The van der Waals surface area contributed by atoms with Crippen LogP contribution in [0.4, 0.5) is 5.69 Å². The van der Waals surface area contributed by atoms with Crippen LogP contribution >= 0.6 is 0 Å². The van der Waals surface area contributed by atoms with Gasteiger partial charge in [0.05, 0.1) is 0 Å². The molecule has 0 amide bonds. The second-order valence-corrected chi connectivity index (χ2v) is 4.00. The molecule has 1 aromatic rings. The number of hydrogen-bond donors (Lipinski definition) is 0. The van der Waals surface area contributed by atoms with Gasteiger partial charge in [0, 0.05) is 18.3 Å². The maximum absolute atomic E-state index is 2.54. The molecule has 15 heavy (non-hydrogen) atoms. The molecule has 1 rings (SSSR count). The second kappa shape index (κ2) is 6.49. The highest BCUT2D eigenvalue weighted by atomic mass is 15.2. The van der Waals surface area contributed by atoms with Gasteiger partial charge >= 0.3 is 0 Å². The molecule has 0 aliphatic carbocycles. The Hall–Kier alpha value is -0.980. The van der Waals surface area contributed by atoms with E-state index in [1.807, 2.05) is 0 Å². The molecule has 1 nitrogen and oxygen atoms in total. The second-order valence-electron chi connectivity index (χ2n) is 4.00. The predicted molar refractivity (Wildman–Crippen MR) is 68.4 cm³/mol. The molecule has 0 fully saturated rings. The van der Waals surface area contributed by atoms with E-state index >= 15 is 0 Å². The first-order chi connectivity index (χ1) is 7.33. The molecule has 84 valence electrons. The van der Waals surface area contributed by atoms with Crippen LogP contribution in [0.2, 0.25) is 0 Å². The third-order valence-corrected chi connectivity index (χ3v) is 2.94. The van der Waals surface area contributed by atoms with E-state index in [1.165, 1.54) is 24.9 Å². The Balaban J connectivity index is 2.81. The summed E-state index contributed by atoms with van der Waals surface area (Å²) in [5, 5.41) is 0. The van der Waals surface area contributed by atoms with E-state index in [4.69, 9.17) is 0 Å². The lowest BCUT2D eigenvalue weighted by atomic mass is 10.1. The number of anilines is 1. The van der Waals surface area contributed by atoms with Crippen LogP contribution in [0.15, 0.2) is 30.3 Å². The number of benzene rings is 1. The molecule has 0 saturated heterocycles. The monoisotopic (exact) mass is 205 g/mol. The smallest absolute Gasteiger partial charge is 0.0368 e. The fraction of sp³-hybridized carbons (Fsp3) is 0.571. The van der Waals surface area contributed by atoms with Crippen LogP contribution in [0.25, 0.3) is 0 Å². The van der Waals surface area contributed by atoms with Crippen LogP contribution in [0.1, 0.15) is 40.0 Å². The standard InChI is InChI=1S/C14H23N/c1-4-12-15(13(5-2)6-3)14-10-8-7-9-11-14/h7-11,13H,4-6,12H2,1-3H3. The average Bonchev–Trinajstić information content (AvgIpc) is 2.30. The Labute approximate surface area is 94.1 Å². The lowest BCUT2D eigenvalue weighted by Gasteiger charge is -2.32. The topological polar surface area (TPSA) is 3.24 Å². The molecule has 0 heterocycles. The van der Waals surface area contributed by atoms with Gasteiger partial charge in [-0.2, -0.15) is 0 Å². The number of hydrogen-bond acceptors (Lipinski definition) is 1. The van der Waals surface area contributed by atoms with Gasteiger partial charge in [-0.1, -0.05) is 39.0 Å². The average molecular weight is 205 g/mol. The zero-order valence-electron chi connectivity index (χ0n) is 10.2. The molecule has 0 N–H and O–H groups in total. The zero-order valence-corrected chi connectivity index (χ0v) is 10.2. The lowest BCUT2D eigenvalue weighted by Crippen LogP contribution is -2.35. The molecule has 1 aromatic carbocycles. The summed E-state index contributed by atoms with van der Waals surface area (Å²) in [5.74, 6) is 0. The van der Waals surface area contributed by atoms with Crippen molar-refractivity contribution in [3.63, 3.8) is 0 Å². The van der Waals surface area contributed by atoms with Crippen LogP contribution in [-0.4, -0.2) is 12.6 Å². The van der Waals surface area contributed by atoms with Gasteiger partial charge in [0.15, 0.2) is 0 Å². The summed E-state index contributed by atoms with van der Waals surface area (Å²) in [6.07, 6.45) is 3.67.